The SMILES string of the molecule is C[C@H]1CCc2c(sc(NC(=O)CSc3nnc4ccccn34)c2C(N)=O)C1. The maximum atomic E-state index is 12.5. The largest absolute Gasteiger partial charge is 0.365 e. The molecular formula is C18H19N5O2S2. The highest BCUT2D eigenvalue weighted by Gasteiger charge is 2.27. The molecular weight excluding hydrogens is 382 g/mol. The van der Waals surface area contributed by atoms with E-state index in [4.69, 9.17) is 5.73 Å². The zero-order chi connectivity index (χ0) is 19.0. The maximum Gasteiger partial charge on any atom is 0.251 e. The molecule has 0 unspecified atom stereocenters. The minimum Gasteiger partial charge on any atom is -0.365 e. The second kappa shape index (κ2) is 7.32. The van der Waals surface area contributed by atoms with Gasteiger partial charge in [-0.25, -0.2) is 0 Å². The number of pyridine rings is 1. The van der Waals surface area contributed by atoms with Crippen LogP contribution in [0, 0.1) is 5.92 Å². The van der Waals surface area contributed by atoms with Gasteiger partial charge >= 0.3 is 0 Å². The minimum atomic E-state index is -0.478. The molecule has 3 aromatic heterocycles. The van der Waals surface area contributed by atoms with Gasteiger partial charge in [0.1, 0.15) is 5.00 Å². The Morgan fingerprint density at radius 1 is 1.41 bits per heavy atom. The number of rotatable bonds is 5. The van der Waals surface area contributed by atoms with Crippen LogP contribution in [0.4, 0.5) is 5.00 Å². The molecule has 9 heteroatoms. The Hall–Kier alpha value is -2.39. The van der Waals surface area contributed by atoms with E-state index in [2.05, 4.69) is 22.4 Å². The van der Waals surface area contributed by atoms with E-state index in [1.165, 1.54) is 23.1 Å². The van der Waals surface area contributed by atoms with Crippen molar-refractivity contribution in [3.63, 3.8) is 0 Å². The molecule has 0 saturated carbocycles. The van der Waals surface area contributed by atoms with Gasteiger partial charge in [-0.1, -0.05) is 24.8 Å². The highest BCUT2D eigenvalue weighted by molar-refractivity contribution is 7.99. The standard InChI is InChI=1S/C18H19N5O2S2/c1-10-5-6-11-12(8-10)27-17(15(11)16(19)25)20-14(24)9-26-18-22-21-13-4-2-3-7-23(13)18/h2-4,7,10H,5-6,8-9H2,1H3,(H2,19,25)(H,20,24)/t10-/m0/s1. The number of anilines is 1. The number of nitrogens with zero attached hydrogens (tertiary/aromatic N) is 3. The summed E-state index contributed by atoms with van der Waals surface area (Å²) < 4.78 is 1.83. The maximum absolute atomic E-state index is 12.5. The van der Waals surface area contributed by atoms with Gasteiger partial charge in [-0.3, -0.25) is 14.0 Å². The quantitative estimate of drug-likeness (QED) is 0.640. The lowest BCUT2D eigenvalue weighted by atomic mass is 9.88. The number of thiophene rings is 1. The van der Waals surface area contributed by atoms with E-state index < -0.39 is 5.91 Å². The van der Waals surface area contributed by atoms with E-state index in [1.54, 1.807) is 0 Å². The summed E-state index contributed by atoms with van der Waals surface area (Å²) >= 11 is 2.77. The Labute approximate surface area is 164 Å². The summed E-state index contributed by atoms with van der Waals surface area (Å²) in [6.45, 7) is 2.20. The summed E-state index contributed by atoms with van der Waals surface area (Å²) in [6, 6.07) is 5.63. The van der Waals surface area contributed by atoms with E-state index in [9.17, 15) is 9.59 Å². The molecule has 0 bridgehead atoms. The molecule has 2 amide bonds. The van der Waals surface area contributed by atoms with Gasteiger partial charge < -0.3 is 11.1 Å². The van der Waals surface area contributed by atoms with E-state index >= 15 is 0 Å². The van der Waals surface area contributed by atoms with Crippen LogP contribution >= 0.6 is 23.1 Å². The molecule has 27 heavy (non-hydrogen) atoms. The molecule has 3 heterocycles. The highest BCUT2D eigenvalue weighted by Crippen LogP contribution is 2.39. The average Bonchev–Trinajstić information content (AvgIpc) is 3.20. The lowest BCUT2D eigenvalue weighted by Crippen LogP contribution is -2.20. The smallest absolute Gasteiger partial charge is 0.251 e. The van der Waals surface area contributed by atoms with Crippen LogP contribution in [0.1, 0.15) is 34.1 Å². The van der Waals surface area contributed by atoms with Crippen LogP contribution < -0.4 is 11.1 Å². The van der Waals surface area contributed by atoms with Gasteiger partial charge in [0.05, 0.1) is 11.3 Å². The van der Waals surface area contributed by atoms with Crippen molar-refractivity contribution >= 4 is 45.6 Å². The van der Waals surface area contributed by atoms with Crippen LogP contribution in [-0.2, 0) is 17.6 Å². The van der Waals surface area contributed by atoms with E-state index in [0.29, 0.717) is 21.6 Å². The fraction of sp³-hybridized carbons (Fsp3) is 0.333. The number of nitrogens with two attached hydrogens (primary N) is 1. The van der Waals surface area contributed by atoms with E-state index in [1.807, 2.05) is 28.8 Å². The number of primary amides is 1. The third-order valence-corrected chi connectivity index (χ3v) is 6.74. The fourth-order valence-corrected chi connectivity index (χ4v) is 5.47. The topological polar surface area (TPSA) is 102 Å². The van der Waals surface area contributed by atoms with Crippen molar-refractivity contribution in [1.82, 2.24) is 14.6 Å². The molecule has 1 atom stereocenters. The first kappa shape index (κ1) is 18.0. The summed E-state index contributed by atoms with van der Waals surface area (Å²) in [5.74, 6) is 0.0832. The molecule has 0 aromatic carbocycles. The lowest BCUT2D eigenvalue weighted by molar-refractivity contribution is -0.113. The van der Waals surface area contributed by atoms with Crippen LogP contribution in [0.25, 0.3) is 5.65 Å². The lowest BCUT2D eigenvalue weighted by Gasteiger charge is -2.18. The van der Waals surface area contributed by atoms with Crippen molar-refractivity contribution in [3.8, 4) is 0 Å². The molecule has 3 N–H and O–H groups in total. The highest BCUT2D eigenvalue weighted by atomic mass is 32.2. The van der Waals surface area contributed by atoms with Gasteiger partial charge in [0.25, 0.3) is 5.91 Å². The first-order valence-electron chi connectivity index (χ1n) is 8.69. The third-order valence-electron chi connectivity index (χ3n) is 4.63. The van der Waals surface area contributed by atoms with Crippen LogP contribution in [0.3, 0.4) is 0 Å². The number of nitrogens with one attached hydrogen (secondary N) is 1. The van der Waals surface area contributed by atoms with Crippen molar-refractivity contribution < 1.29 is 9.59 Å². The van der Waals surface area contributed by atoms with Crippen molar-refractivity contribution in [1.29, 1.82) is 0 Å². The summed E-state index contributed by atoms with van der Waals surface area (Å²) in [5.41, 5.74) is 7.82. The molecule has 140 valence electrons. The molecule has 0 fully saturated rings. The molecule has 0 spiro atoms. The van der Waals surface area contributed by atoms with Crippen LogP contribution in [0.15, 0.2) is 29.6 Å². The van der Waals surface area contributed by atoms with Crippen molar-refractivity contribution in [3.05, 3.63) is 40.4 Å². The Balaban J connectivity index is 1.49. The van der Waals surface area contributed by atoms with Gasteiger partial charge in [0, 0.05) is 11.1 Å². The summed E-state index contributed by atoms with van der Waals surface area (Å²) in [6.07, 6.45) is 4.65. The number of hydrogen-bond acceptors (Lipinski definition) is 6. The Kier molecular flexibility index (Phi) is 4.88. The van der Waals surface area contributed by atoms with E-state index in [0.717, 1.165) is 35.4 Å². The normalized spacial score (nSPS) is 16.3. The molecule has 1 aliphatic carbocycles. The minimum absolute atomic E-state index is 0.173. The molecule has 4 rings (SSSR count). The number of fused-ring (bicyclic) bond motifs is 2. The molecule has 0 aliphatic heterocycles. The molecule has 0 radical (unpaired) electrons. The van der Waals surface area contributed by atoms with Gasteiger partial charge in [0.15, 0.2) is 10.8 Å². The number of aromatic nitrogens is 3. The van der Waals surface area contributed by atoms with Crippen LogP contribution in [-0.4, -0.2) is 32.2 Å². The molecule has 3 aromatic rings. The average molecular weight is 402 g/mol. The zero-order valence-corrected chi connectivity index (χ0v) is 16.4. The Morgan fingerprint density at radius 3 is 3.07 bits per heavy atom. The predicted octanol–water partition coefficient (Wildman–Crippen LogP) is 2.75. The first-order chi connectivity index (χ1) is 13.0. The Bertz CT molecular complexity index is 1030. The number of carbonyl (C=O) groups excluding carboxylic acids is 2. The summed E-state index contributed by atoms with van der Waals surface area (Å²) in [4.78, 5) is 25.6. The molecule has 1 aliphatic rings. The van der Waals surface area contributed by atoms with Gasteiger partial charge in [-0.15, -0.1) is 21.5 Å². The summed E-state index contributed by atoms with van der Waals surface area (Å²) in [5, 5.41) is 12.3. The van der Waals surface area contributed by atoms with E-state index in [-0.39, 0.29) is 11.7 Å². The third kappa shape index (κ3) is 3.57. The number of amides is 2. The number of carbonyl (C=O) groups is 2. The van der Waals surface area contributed by atoms with Crippen LogP contribution in [0.2, 0.25) is 0 Å². The second-order valence-corrected chi connectivity index (χ2v) is 8.72. The monoisotopic (exact) mass is 401 g/mol. The van der Waals surface area contributed by atoms with Crippen molar-refractivity contribution in [2.75, 3.05) is 11.1 Å². The van der Waals surface area contributed by atoms with Crippen molar-refractivity contribution in [2.24, 2.45) is 11.7 Å². The van der Waals surface area contributed by atoms with Crippen molar-refractivity contribution in [2.45, 2.75) is 31.3 Å². The zero-order valence-electron chi connectivity index (χ0n) is 14.8. The van der Waals surface area contributed by atoms with Gasteiger partial charge in [-0.05, 0) is 42.9 Å². The summed E-state index contributed by atoms with van der Waals surface area (Å²) in [7, 11) is 0. The number of thioether (sulfide) groups is 1. The number of hydrogen-bond donors (Lipinski definition) is 2. The molecule has 0 saturated heterocycles. The Morgan fingerprint density at radius 2 is 2.26 bits per heavy atom. The first-order valence-corrected chi connectivity index (χ1v) is 10.5. The predicted molar refractivity (Wildman–Crippen MR) is 106 cm³/mol. The van der Waals surface area contributed by atoms with Gasteiger partial charge in [0.2, 0.25) is 5.91 Å². The molecule has 7 nitrogen and oxygen atoms in total. The van der Waals surface area contributed by atoms with Crippen LogP contribution in [0.5, 0.6) is 0 Å². The van der Waals surface area contributed by atoms with Gasteiger partial charge in [-0.2, -0.15) is 0 Å². The second-order valence-electron chi connectivity index (χ2n) is 6.67. The fourth-order valence-electron chi connectivity index (χ4n) is 3.31.